The monoisotopic (exact) mass is 161 g/mol. The lowest BCUT2D eigenvalue weighted by Gasteiger charge is -2.21. The smallest absolute Gasteiger partial charge is 0.128 e. The van der Waals surface area contributed by atoms with Crippen LogP contribution in [0.1, 0.15) is 17.0 Å². The molecule has 12 heavy (non-hydrogen) atoms. The predicted molar refractivity (Wildman–Crippen MR) is 47.0 cm³/mol. The van der Waals surface area contributed by atoms with Gasteiger partial charge in [-0.1, -0.05) is 24.3 Å². The molecule has 0 saturated heterocycles. The maximum atomic E-state index is 10.7. The van der Waals surface area contributed by atoms with Crippen molar-refractivity contribution in [2.45, 2.75) is 12.5 Å². The van der Waals surface area contributed by atoms with Crippen LogP contribution in [0.15, 0.2) is 24.3 Å². The van der Waals surface area contributed by atoms with Crippen LogP contribution in [0.2, 0.25) is 0 Å². The van der Waals surface area contributed by atoms with Gasteiger partial charge in [-0.3, -0.25) is 0 Å². The van der Waals surface area contributed by atoms with Crippen LogP contribution >= 0.6 is 0 Å². The van der Waals surface area contributed by atoms with Gasteiger partial charge in [0.2, 0.25) is 0 Å². The number of nitrogens with one attached hydrogen (secondary N) is 1. The lowest BCUT2D eigenvalue weighted by Crippen LogP contribution is -2.28. The van der Waals surface area contributed by atoms with Crippen LogP contribution in [-0.4, -0.2) is 12.8 Å². The standard InChI is InChI=1S/C10H11NO/c12-7-9-6-11-5-8-3-1-2-4-10(8)9/h1-4,7,9,11H,5-6H2. The normalized spacial score (nSPS) is 21.5. The number of hydrogen-bond acceptors (Lipinski definition) is 2. The summed E-state index contributed by atoms with van der Waals surface area (Å²) in [5.41, 5.74) is 2.44. The maximum absolute atomic E-state index is 10.7. The van der Waals surface area contributed by atoms with E-state index in [0.717, 1.165) is 19.4 Å². The van der Waals surface area contributed by atoms with Crippen molar-refractivity contribution in [3.63, 3.8) is 0 Å². The van der Waals surface area contributed by atoms with E-state index >= 15 is 0 Å². The minimum absolute atomic E-state index is 0.0509. The highest BCUT2D eigenvalue weighted by atomic mass is 16.1. The Morgan fingerprint density at radius 1 is 1.42 bits per heavy atom. The quantitative estimate of drug-likeness (QED) is 0.624. The fourth-order valence-electron chi connectivity index (χ4n) is 1.65. The topological polar surface area (TPSA) is 29.1 Å². The molecule has 0 aromatic heterocycles. The van der Waals surface area contributed by atoms with Crippen molar-refractivity contribution in [2.24, 2.45) is 0 Å². The first-order chi connectivity index (χ1) is 5.92. The van der Waals surface area contributed by atoms with Crippen molar-refractivity contribution >= 4 is 6.29 Å². The Morgan fingerprint density at radius 2 is 2.25 bits per heavy atom. The van der Waals surface area contributed by atoms with Gasteiger partial charge in [-0.05, 0) is 11.1 Å². The number of hydrogen-bond donors (Lipinski definition) is 1. The molecule has 1 unspecified atom stereocenters. The molecule has 2 nitrogen and oxygen atoms in total. The van der Waals surface area contributed by atoms with Crippen LogP contribution in [0.4, 0.5) is 0 Å². The van der Waals surface area contributed by atoms with Gasteiger partial charge in [0.25, 0.3) is 0 Å². The van der Waals surface area contributed by atoms with Crippen LogP contribution < -0.4 is 5.32 Å². The molecular weight excluding hydrogens is 150 g/mol. The van der Waals surface area contributed by atoms with E-state index in [1.54, 1.807) is 0 Å². The molecule has 2 rings (SSSR count). The van der Waals surface area contributed by atoms with E-state index < -0.39 is 0 Å². The zero-order valence-electron chi connectivity index (χ0n) is 6.79. The molecule has 1 aromatic carbocycles. The summed E-state index contributed by atoms with van der Waals surface area (Å²) in [4.78, 5) is 10.7. The van der Waals surface area contributed by atoms with E-state index in [1.165, 1.54) is 11.1 Å². The summed E-state index contributed by atoms with van der Waals surface area (Å²) in [5.74, 6) is 0.0509. The molecule has 0 saturated carbocycles. The number of carbonyl (C=O) groups is 1. The zero-order chi connectivity index (χ0) is 8.39. The van der Waals surface area contributed by atoms with Gasteiger partial charge in [0, 0.05) is 13.1 Å². The van der Waals surface area contributed by atoms with Crippen molar-refractivity contribution in [1.82, 2.24) is 5.32 Å². The molecule has 0 aliphatic carbocycles. The summed E-state index contributed by atoms with van der Waals surface area (Å²) >= 11 is 0. The van der Waals surface area contributed by atoms with E-state index in [9.17, 15) is 4.79 Å². The Kier molecular flexibility index (Phi) is 1.92. The third kappa shape index (κ3) is 1.14. The second-order valence-electron chi connectivity index (χ2n) is 3.07. The van der Waals surface area contributed by atoms with E-state index in [4.69, 9.17) is 0 Å². The van der Waals surface area contributed by atoms with Gasteiger partial charge in [-0.2, -0.15) is 0 Å². The SMILES string of the molecule is O=CC1CNCc2ccccc21. The third-order valence-corrected chi connectivity index (χ3v) is 2.30. The largest absolute Gasteiger partial charge is 0.312 e. The second kappa shape index (κ2) is 3.07. The Morgan fingerprint density at radius 3 is 3.08 bits per heavy atom. The second-order valence-corrected chi connectivity index (χ2v) is 3.07. The maximum Gasteiger partial charge on any atom is 0.128 e. The molecule has 2 heteroatoms. The van der Waals surface area contributed by atoms with Gasteiger partial charge < -0.3 is 10.1 Å². The highest BCUT2D eigenvalue weighted by Crippen LogP contribution is 2.21. The minimum atomic E-state index is 0.0509. The highest BCUT2D eigenvalue weighted by molar-refractivity contribution is 5.64. The molecule has 1 heterocycles. The van der Waals surface area contributed by atoms with Gasteiger partial charge in [0.05, 0.1) is 5.92 Å². The number of benzene rings is 1. The molecule has 1 aromatic rings. The number of aldehydes is 1. The third-order valence-electron chi connectivity index (χ3n) is 2.30. The molecule has 0 bridgehead atoms. The fourth-order valence-corrected chi connectivity index (χ4v) is 1.65. The first-order valence-corrected chi connectivity index (χ1v) is 4.15. The molecular formula is C10H11NO. The summed E-state index contributed by atoms with van der Waals surface area (Å²) in [6, 6.07) is 8.10. The molecule has 0 spiro atoms. The highest BCUT2D eigenvalue weighted by Gasteiger charge is 2.17. The zero-order valence-corrected chi connectivity index (χ0v) is 6.79. The molecule has 0 amide bonds. The van der Waals surface area contributed by atoms with Gasteiger partial charge in [0.1, 0.15) is 6.29 Å². The number of rotatable bonds is 1. The Balaban J connectivity index is 2.43. The van der Waals surface area contributed by atoms with Crippen molar-refractivity contribution < 1.29 is 4.79 Å². The summed E-state index contributed by atoms with van der Waals surface area (Å²) in [6.07, 6.45) is 1.02. The van der Waals surface area contributed by atoms with Crippen molar-refractivity contribution in [3.8, 4) is 0 Å². The van der Waals surface area contributed by atoms with Crippen molar-refractivity contribution in [2.75, 3.05) is 6.54 Å². The molecule has 1 atom stereocenters. The first-order valence-electron chi connectivity index (χ1n) is 4.15. The lowest BCUT2D eigenvalue weighted by molar-refractivity contribution is -0.109. The van der Waals surface area contributed by atoms with Gasteiger partial charge in [0.15, 0.2) is 0 Å². The van der Waals surface area contributed by atoms with E-state index in [0.29, 0.717) is 0 Å². The molecule has 1 N–H and O–H groups in total. The summed E-state index contributed by atoms with van der Waals surface area (Å²) in [6.45, 7) is 1.67. The average Bonchev–Trinajstić information content (AvgIpc) is 2.17. The van der Waals surface area contributed by atoms with Crippen molar-refractivity contribution in [1.29, 1.82) is 0 Å². The summed E-state index contributed by atoms with van der Waals surface area (Å²) in [7, 11) is 0. The van der Waals surface area contributed by atoms with Crippen LogP contribution in [0.25, 0.3) is 0 Å². The number of fused-ring (bicyclic) bond motifs is 1. The van der Waals surface area contributed by atoms with E-state index in [1.807, 2.05) is 18.2 Å². The average molecular weight is 161 g/mol. The predicted octanol–water partition coefficient (Wildman–Crippen LogP) is 1.07. The van der Waals surface area contributed by atoms with E-state index in [-0.39, 0.29) is 5.92 Å². The van der Waals surface area contributed by atoms with Crippen LogP contribution in [-0.2, 0) is 11.3 Å². The van der Waals surface area contributed by atoms with Crippen LogP contribution in [0, 0.1) is 0 Å². The summed E-state index contributed by atoms with van der Waals surface area (Å²) in [5, 5.41) is 3.21. The first kappa shape index (κ1) is 7.50. The lowest BCUT2D eigenvalue weighted by atomic mass is 9.92. The van der Waals surface area contributed by atoms with Crippen LogP contribution in [0.3, 0.4) is 0 Å². The molecule has 62 valence electrons. The van der Waals surface area contributed by atoms with Crippen molar-refractivity contribution in [3.05, 3.63) is 35.4 Å². The van der Waals surface area contributed by atoms with Gasteiger partial charge >= 0.3 is 0 Å². The molecule has 0 fully saturated rings. The number of carbonyl (C=O) groups excluding carboxylic acids is 1. The Bertz CT molecular complexity index is 296. The molecule has 1 aliphatic heterocycles. The van der Waals surface area contributed by atoms with Crippen LogP contribution in [0.5, 0.6) is 0 Å². The van der Waals surface area contributed by atoms with Gasteiger partial charge in [-0.15, -0.1) is 0 Å². The molecule has 1 aliphatic rings. The fraction of sp³-hybridized carbons (Fsp3) is 0.300. The van der Waals surface area contributed by atoms with Gasteiger partial charge in [-0.25, -0.2) is 0 Å². The van der Waals surface area contributed by atoms with E-state index in [2.05, 4.69) is 11.4 Å². The summed E-state index contributed by atoms with van der Waals surface area (Å²) < 4.78 is 0. The Hall–Kier alpha value is -1.15. The molecule has 0 radical (unpaired) electrons. The minimum Gasteiger partial charge on any atom is -0.312 e. The Labute approximate surface area is 71.6 Å².